The maximum Gasteiger partial charge on any atom is 0.419 e. The lowest BCUT2D eigenvalue weighted by atomic mass is 9.93. The predicted molar refractivity (Wildman–Crippen MR) is 120 cm³/mol. The van der Waals surface area contributed by atoms with E-state index in [1.807, 2.05) is 26.0 Å². The quantitative estimate of drug-likeness (QED) is 0.347. The van der Waals surface area contributed by atoms with Crippen LogP contribution in [-0.2, 0) is 28.1 Å². The number of hydrogen-bond acceptors (Lipinski definition) is 5. The van der Waals surface area contributed by atoms with Crippen molar-refractivity contribution in [3.63, 3.8) is 0 Å². The summed E-state index contributed by atoms with van der Waals surface area (Å²) in [4.78, 5) is 0. The van der Waals surface area contributed by atoms with Crippen LogP contribution in [0, 0.1) is 13.8 Å². The number of hydrogen-bond donors (Lipinski definition) is 2. The first-order chi connectivity index (χ1) is 15.1. The Morgan fingerprint density at radius 3 is 2.50 bits per heavy atom. The summed E-state index contributed by atoms with van der Waals surface area (Å²) in [7, 11) is -1.47. The predicted octanol–water partition coefficient (Wildman–Crippen LogP) is 4.64. The van der Waals surface area contributed by atoms with E-state index in [1.165, 1.54) is 6.07 Å². The van der Waals surface area contributed by atoms with Gasteiger partial charge in [0.05, 0.1) is 30.9 Å². The molecule has 0 radical (unpaired) electrons. The third kappa shape index (κ3) is 7.93. The van der Waals surface area contributed by atoms with Gasteiger partial charge >= 0.3 is 6.18 Å². The van der Waals surface area contributed by atoms with Crippen LogP contribution in [0.4, 0.5) is 13.2 Å². The second kappa shape index (κ2) is 11.8. The van der Waals surface area contributed by atoms with Crippen molar-refractivity contribution < 1.29 is 32.1 Å². The monoisotopic (exact) mass is 473 g/mol. The lowest BCUT2D eigenvalue weighted by Crippen LogP contribution is -2.47. The number of ether oxygens (including phenoxy) is 1. The molecule has 3 N–H and O–H groups in total. The summed E-state index contributed by atoms with van der Waals surface area (Å²) in [6, 6.07) is 10.1. The molecular formula is C23H31F3NO4P. The molecule has 0 aromatic heterocycles. The molecule has 2 unspecified atom stereocenters. The molecule has 5 nitrogen and oxygen atoms in total. The molecule has 0 fully saturated rings. The summed E-state index contributed by atoms with van der Waals surface area (Å²) in [6.45, 7) is 3.62. The van der Waals surface area contributed by atoms with E-state index in [1.54, 1.807) is 6.07 Å². The average molecular weight is 473 g/mol. The molecule has 9 heteroatoms. The van der Waals surface area contributed by atoms with Crippen LogP contribution in [-0.4, -0.2) is 30.5 Å². The van der Waals surface area contributed by atoms with Crippen molar-refractivity contribution in [3.8, 4) is 5.75 Å². The highest BCUT2D eigenvalue weighted by Gasteiger charge is 2.35. The molecular weight excluding hydrogens is 442 g/mol. The van der Waals surface area contributed by atoms with Gasteiger partial charge in [-0.05, 0) is 68.4 Å². The molecule has 0 spiro atoms. The van der Waals surface area contributed by atoms with Gasteiger partial charge in [-0.2, -0.15) is 13.2 Å². The first-order valence-electron chi connectivity index (χ1n) is 10.4. The van der Waals surface area contributed by atoms with Crippen LogP contribution in [0.25, 0.3) is 0 Å². The van der Waals surface area contributed by atoms with Gasteiger partial charge in [-0.25, -0.2) is 0 Å². The van der Waals surface area contributed by atoms with Crippen molar-refractivity contribution in [2.24, 2.45) is 5.73 Å². The molecule has 0 heterocycles. The molecule has 0 bridgehead atoms. The van der Waals surface area contributed by atoms with Gasteiger partial charge in [0.15, 0.2) is 8.69 Å². The van der Waals surface area contributed by atoms with E-state index in [2.05, 4.69) is 6.07 Å². The molecule has 0 aliphatic rings. The zero-order valence-corrected chi connectivity index (χ0v) is 19.5. The molecule has 0 aliphatic carbocycles. The highest BCUT2D eigenvalue weighted by atomic mass is 31.1. The van der Waals surface area contributed by atoms with Crippen molar-refractivity contribution in [1.82, 2.24) is 0 Å². The third-order valence-corrected chi connectivity index (χ3v) is 5.67. The first kappa shape index (κ1) is 26.4. The van der Waals surface area contributed by atoms with E-state index in [0.29, 0.717) is 12.0 Å². The van der Waals surface area contributed by atoms with Gasteiger partial charge in [0, 0.05) is 0 Å². The smallest absolute Gasteiger partial charge is 0.419 e. The minimum absolute atomic E-state index is 0.129. The van der Waals surface area contributed by atoms with Gasteiger partial charge in [0.2, 0.25) is 0 Å². The molecule has 0 amide bonds. The van der Waals surface area contributed by atoms with Crippen LogP contribution in [0.3, 0.4) is 0 Å². The summed E-state index contributed by atoms with van der Waals surface area (Å²) in [6.07, 6.45) is -2.87. The molecule has 32 heavy (non-hydrogen) atoms. The highest BCUT2D eigenvalue weighted by Crippen LogP contribution is 2.37. The van der Waals surface area contributed by atoms with Gasteiger partial charge < -0.3 is 20.1 Å². The molecule has 0 saturated heterocycles. The van der Waals surface area contributed by atoms with Gasteiger partial charge in [0.1, 0.15) is 5.75 Å². The maximum atomic E-state index is 13.6. The Labute approximate surface area is 188 Å². The Balaban J connectivity index is 2.03. The topological polar surface area (TPSA) is 81.8 Å². The number of rotatable bonds is 12. The van der Waals surface area contributed by atoms with Crippen LogP contribution < -0.4 is 10.5 Å². The third-order valence-electron chi connectivity index (χ3n) is 5.37. The van der Waals surface area contributed by atoms with E-state index in [0.717, 1.165) is 29.2 Å². The second-order valence-corrected chi connectivity index (χ2v) is 8.66. The van der Waals surface area contributed by atoms with Gasteiger partial charge in [0.25, 0.3) is 0 Å². The molecule has 2 aromatic carbocycles. The Morgan fingerprint density at radius 1 is 1.09 bits per heavy atom. The Morgan fingerprint density at radius 2 is 1.84 bits per heavy atom. The van der Waals surface area contributed by atoms with Crippen LogP contribution in [0.15, 0.2) is 36.4 Å². The van der Waals surface area contributed by atoms with Crippen LogP contribution in [0.1, 0.15) is 40.7 Å². The van der Waals surface area contributed by atoms with Crippen molar-refractivity contribution in [2.45, 2.75) is 51.2 Å². The number of aryl methyl sites for hydroxylation is 4. The van der Waals surface area contributed by atoms with Crippen LogP contribution in [0.2, 0.25) is 0 Å². The number of aliphatic hydroxyl groups is 1. The summed E-state index contributed by atoms with van der Waals surface area (Å²) < 4.78 is 61.7. The van der Waals surface area contributed by atoms with E-state index < -0.39 is 32.6 Å². The van der Waals surface area contributed by atoms with Crippen LogP contribution >= 0.6 is 8.69 Å². The fourth-order valence-corrected chi connectivity index (χ4v) is 3.78. The van der Waals surface area contributed by atoms with Gasteiger partial charge in [-0.3, -0.25) is 4.57 Å². The van der Waals surface area contributed by atoms with Gasteiger partial charge in [-0.15, -0.1) is 0 Å². The number of alkyl halides is 3. The SMILES string of the molecule is Cc1ccc(C)c(CCCOc2ccc(CCC(N)(CO)CO[PH2]=O)cc2C(F)(F)F)c1. The Bertz CT molecular complexity index is 907. The largest absolute Gasteiger partial charge is 0.493 e. The standard InChI is InChI=1S/C23H31F3NO4P/c1-16-5-6-17(2)19(12-16)4-3-11-30-21-8-7-18(13-20(21)23(24,25)26)9-10-22(27,14-28)15-31-32-29/h5-8,12-13,28H,3-4,9-11,14-15,27,32H2,1-2H3. The molecule has 2 aromatic rings. The lowest BCUT2D eigenvalue weighted by Gasteiger charge is -2.26. The molecule has 178 valence electrons. The van der Waals surface area contributed by atoms with Crippen molar-refractivity contribution in [3.05, 3.63) is 64.2 Å². The minimum Gasteiger partial charge on any atom is -0.493 e. The van der Waals surface area contributed by atoms with E-state index in [-0.39, 0.29) is 31.8 Å². The van der Waals surface area contributed by atoms with Gasteiger partial charge in [-0.1, -0.05) is 29.8 Å². The van der Waals surface area contributed by atoms with E-state index in [9.17, 15) is 22.8 Å². The summed E-state index contributed by atoms with van der Waals surface area (Å²) in [5.74, 6) is -0.207. The van der Waals surface area contributed by atoms with Crippen molar-refractivity contribution >= 4 is 8.69 Å². The average Bonchev–Trinajstić information content (AvgIpc) is 2.75. The lowest BCUT2D eigenvalue weighted by molar-refractivity contribution is -0.139. The zero-order chi connectivity index (χ0) is 23.8. The maximum absolute atomic E-state index is 13.6. The summed E-state index contributed by atoms with van der Waals surface area (Å²) in [5, 5.41) is 9.46. The van der Waals surface area contributed by atoms with E-state index in [4.69, 9.17) is 15.0 Å². The fraction of sp³-hybridized carbons (Fsp3) is 0.478. The summed E-state index contributed by atoms with van der Waals surface area (Å²) >= 11 is 0. The first-order valence-corrected chi connectivity index (χ1v) is 11.4. The van der Waals surface area contributed by atoms with Crippen molar-refractivity contribution in [2.75, 3.05) is 19.8 Å². The number of benzene rings is 2. The highest BCUT2D eigenvalue weighted by molar-refractivity contribution is 7.17. The molecule has 0 saturated carbocycles. The molecule has 2 atom stereocenters. The fourth-order valence-electron chi connectivity index (χ4n) is 3.38. The van der Waals surface area contributed by atoms with E-state index >= 15 is 0 Å². The van der Waals surface area contributed by atoms with Crippen LogP contribution in [0.5, 0.6) is 5.75 Å². The number of nitrogens with two attached hydrogens (primary N) is 1. The number of halogens is 3. The Hall–Kier alpha value is -1.86. The molecule has 0 aliphatic heterocycles. The minimum atomic E-state index is -4.57. The summed E-state index contributed by atoms with van der Waals surface area (Å²) in [5.41, 5.74) is 7.85. The zero-order valence-electron chi connectivity index (χ0n) is 18.4. The van der Waals surface area contributed by atoms with Crippen molar-refractivity contribution in [1.29, 1.82) is 0 Å². The number of aliphatic hydroxyl groups excluding tert-OH is 1. The normalized spacial score (nSPS) is 14.1. The Kier molecular flexibility index (Phi) is 9.77. The second-order valence-electron chi connectivity index (χ2n) is 8.14. The molecule has 2 rings (SSSR count).